The molecule has 0 aromatic heterocycles. The van der Waals surface area contributed by atoms with E-state index >= 15 is 0 Å². The highest BCUT2D eigenvalue weighted by atomic mass is 16.4. The van der Waals surface area contributed by atoms with E-state index in [1.54, 1.807) is 12.1 Å². The highest BCUT2D eigenvalue weighted by Gasteiger charge is 2.34. The molecule has 0 aliphatic rings. The standard InChI is InChI=1S/C19H20N4O4/c1-3-22-12-5-7-16(24)14(9-12)19(2,21)18(27)23-15-6-4-11(10-20)8-13(15)17(25)26/h4-9,22,24H,3,21H2,1-2H3,(H,23,27)(H,25,26). The van der Waals surface area contributed by atoms with Gasteiger partial charge in [-0.3, -0.25) is 4.79 Å². The largest absolute Gasteiger partial charge is 0.508 e. The third-order valence-corrected chi connectivity index (χ3v) is 4.04. The Bertz CT molecular complexity index is 932. The molecule has 8 nitrogen and oxygen atoms in total. The molecule has 0 heterocycles. The number of anilines is 2. The zero-order chi connectivity index (χ0) is 20.2. The van der Waals surface area contributed by atoms with E-state index in [2.05, 4.69) is 10.6 Å². The first-order valence-corrected chi connectivity index (χ1v) is 8.15. The molecule has 0 radical (unpaired) electrons. The minimum Gasteiger partial charge on any atom is -0.508 e. The first-order valence-electron chi connectivity index (χ1n) is 8.15. The number of phenols is 1. The van der Waals surface area contributed by atoms with Crippen molar-refractivity contribution < 1.29 is 19.8 Å². The topological polar surface area (TPSA) is 148 Å². The summed E-state index contributed by atoms with van der Waals surface area (Å²) in [6, 6.07) is 10.4. The predicted molar refractivity (Wildman–Crippen MR) is 101 cm³/mol. The molecule has 2 aromatic rings. The molecule has 1 unspecified atom stereocenters. The van der Waals surface area contributed by atoms with Crippen molar-refractivity contribution in [3.63, 3.8) is 0 Å². The summed E-state index contributed by atoms with van der Waals surface area (Å²) in [5, 5.41) is 33.9. The van der Waals surface area contributed by atoms with E-state index in [1.807, 2.05) is 13.0 Å². The van der Waals surface area contributed by atoms with Gasteiger partial charge in [-0.2, -0.15) is 5.26 Å². The number of hydrogen-bond acceptors (Lipinski definition) is 6. The maximum Gasteiger partial charge on any atom is 0.337 e. The summed E-state index contributed by atoms with van der Waals surface area (Å²) >= 11 is 0. The Morgan fingerprint density at radius 1 is 1.26 bits per heavy atom. The van der Waals surface area contributed by atoms with Gasteiger partial charge in [-0.25, -0.2) is 4.79 Å². The van der Waals surface area contributed by atoms with Gasteiger partial charge in [-0.15, -0.1) is 0 Å². The van der Waals surface area contributed by atoms with Crippen LogP contribution in [0.4, 0.5) is 11.4 Å². The van der Waals surface area contributed by atoms with Gasteiger partial charge in [-0.05, 0) is 50.2 Å². The lowest BCUT2D eigenvalue weighted by Gasteiger charge is -2.26. The third-order valence-electron chi connectivity index (χ3n) is 4.04. The summed E-state index contributed by atoms with van der Waals surface area (Å²) in [7, 11) is 0. The summed E-state index contributed by atoms with van der Waals surface area (Å²) in [6.45, 7) is 3.96. The molecule has 0 aliphatic carbocycles. The summed E-state index contributed by atoms with van der Waals surface area (Å²) < 4.78 is 0. The maximum atomic E-state index is 12.8. The van der Waals surface area contributed by atoms with Gasteiger partial charge in [0.1, 0.15) is 11.3 Å². The fraction of sp³-hybridized carbons (Fsp3) is 0.211. The van der Waals surface area contributed by atoms with Crippen molar-refractivity contribution in [2.75, 3.05) is 17.2 Å². The van der Waals surface area contributed by atoms with Crippen LogP contribution >= 0.6 is 0 Å². The van der Waals surface area contributed by atoms with Crippen molar-refractivity contribution in [2.45, 2.75) is 19.4 Å². The number of amides is 1. The fourth-order valence-electron chi connectivity index (χ4n) is 2.54. The molecule has 1 atom stereocenters. The second-order valence-corrected chi connectivity index (χ2v) is 6.10. The number of benzene rings is 2. The second kappa shape index (κ2) is 7.76. The molecule has 8 heteroatoms. The SMILES string of the molecule is CCNc1ccc(O)c(C(C)(N)C(=O)Nc2ccc(C#N)cc2C(=O)O)c1. The van der Waals surface area contributed by atoms with E-state index < -0.39 is 17.4 Å². The van der Waals surface area contributed by atoms with Crippen LogP contribution in [0.5, 0.6) is 5.75 Å². The van der Waals surface area contributed by atoms with Gasteiger partial charge in [0.25, 0.3) is 0 Å². The van der Waals surface area contributed by atoms with Gasteiger partial charge in [0.15, 0.2) is 0 Å². The fourth-order valence-corrected chi connectivity index (χ4v) is 2.54. The van der Waals surface area contributed by atoms with Crippen LogP contribution < -0.4 is 16.4 Å². The number of hydrogen-bond donors (Lipinski definition) is 5. The molecule has 0 saturated carbocycles. The number of aromatic carboxylic acids is 1. The average Bonchev–Trinajstić information content (AvgIpc) is 2.63. The number of carbonyl (C=O) groups is 2. The third kappa shape index (κ3) is 4.16. The quantitative estimate of drug-likeness (QED) is 0.491. The molecule has 0 spiro atoms. The summed E-state index contributed by atoms with van der Waals surface area (Å²) in [5.41, 5.74) is 5.32. The van der Waals surface area contributed by atoms with Crippen LogP contribution in [0, 0.1) is 11.3 Å². The molecule has 0 saturated heterocycles. The van der Waals surface area contributed by atoms with Crippen LogP contribution in [0.3, 0.4) is 0 Å². The van der Waals surface area contributed by atoms with Gasteiger partial charge >= 0.3 is 5.97 Å². The van der Waals surface area contributed by atoms with Crippen molar-refractivity contribution >= 4 is 23.3 Å². The summed E-state index contributed by atoms with van der Waals surface area (Å²) in [5.74, 6) is -2.16. The van der Waals surface area contributed by atoms with Gasteiger partial charge in [0.05, 0.1) is 22.9 Å². The van der Waals surface area contributed by atoms with E-state index in [-0.39, 0.29) is 28.1 Å². The molecule has 6 N–H and O–H groups in total. The number of carboxylic acids is 1. The zero-order valence-electron chi connectivity index (χ0n) is 14.9. The molecule has 140 valence electrons. The average molecular weight is 368 g/mol. The first kappa shape index (κ1) is 19.8. The molecular weight excluding hydrogens is 348 g/mol. The first-order chi connectivity index (χ1) is 12.7. The number of nitriles is 1. The van der Waals surface area contributed by atoms with E-state index in [1.165, 1.54) is 25.1 Å². The number of phenolic OH excluding ortho intramolecular Hbond substituents is 1. The Labute approximate surface area is 156 Å². The molecule has 2 aromatic carbocycles. The van der Waals surface area contributed by atoms with Crippen molar-refractivity contribution in [1.82, 2.24) is 0 Å². The number of nitrogens with one attached hydrogen (secondary N) is 2. The number of carboxylic acid groups (broad SMARTS) is 1. The maximum absolute atomic E-state index is 12.8. The van der Waals surface area contributed by atoms with Crippen LogP contribution in [0.1, 0.15) is 35.3 Å². The molecular formula is C19H20N4O4. The Morgan fingerprint density at radius 3 is 2.56 bits per heavy atom. The van der Waals surface area contributed by atoms with Crippen LogP contribution in [-0.4, -0.2) is 28.6 Å². The van der Waals surface area contributed by atoms with Crippen LogP contribution in [0.15, 0.2) is 36.4 Å². The highest BCUT2D eigenvalue weighted by Crippen LogP contribution is 2.31. The summed E-state index contributed by atoms with van der Waals surface area (Å²) in [6.07, 6.45) is 0. The lowest BCUT2D eigenvalue weighted by Crippen LogP contribution is -2.45. The molecule has 2 rings (SSSR count). The Morgan fingerprint density at radius 2 is 1.96 bits per heavy atom. The molecule has 0 fully saturated rings. The summed E-state index contributed by atoms with van der Waals surface area (Å²) in [4.78, 5) is 24.2. The zero-order valence-corrected chi connectivity index (χ0v) is 14.9. The van der Waals surface area contributed by atoms with Crippen molar-refractivity contribution in [1.29, 1.82) is 5.26 Å². The predicted octanol–water partition coefficient (Wildman–Crippen LogP) is 2.21. The molecule has 1 amide bonds. The van der Waals surface area contributed by atoms with Gasteiger partial charge in [0, 0.05) is 17.8 Å². The van der Waals surface area contributed by atoms with Gasteiger partial charge in [-0.1, -0.05) is 0 Å². The van der Waals surface area contributed by atoms with Crippen LogP contribution in [0.2, 0.25) is 0 Å². The van der Waals surface area contributed by atoms with Crippen molar-refractivity contribution in [2.24, 2.45) is 5.73 Å². The van der Waals surface area contributed by atoms with Gasteiger partial charge < -0.3 is 26.6 Å². The number of rotatable bonds is 6. The van der Waals surface area contributed by atoms with Crippen molar-refractivity contribution in [3.05, 3.63) is 53.1 Å². The van der Waals surface area contributed by atoms with Crippen molar-refractivity contribution in [3.8, 4) is 11.8 Å². The molecule has 0 aliphatic heterocycles. The number of carbonyl (C=O) groups excluding carboxylic acids is 1. The normalized spacial score (nSPS) is 12.5. The van der Waals surface area contributed by atoms with Crippen LogP contribution in [0.25, 0.3) is 0 Å². The highest BCUT2D eigenvalue weighted by molar-refractivity contribution is 6.04. The lowest BCUT2D eigenvalue weighted by molar-refractivity contribution is -0.120. The number of aromatic hydroxyl groups is 1. The van der Waals surface area contributed by atoms with Crippen LogP contribution in [-0.2, 0) is 10.3 Å². The van der Waals surface area contributed by atoms with E-state index in [4.69, 9.17) is 11.0 Å². The van der Waals surface area contributed by atoms with E-state index in [0.717, 1.165) is 6.07 Å². The molecule has 27 heavy (non-hydrogen) atoms. The lowest BCUT2D eigenvalue weighted by atomic mass is 9.90. The Kier molecular flexibility index (Phi) is 5.68. The van der Waals surface area contributed by atoms with E-state index in [0.29, 0.717) is 12.2 Å². The number of nitrogens with two attached hydrogens (primary N) is 1. The minimum atomic E-state index is -1.64. The Hall–Kier alpha value is -3.57. The van der Waals surface area contributed by atoms with E-state index in [9.17, 15) is 19.8 Å². The Balaban J connectivity index is 2.39. The monoisotopic (exact) mass is 368 g/mol. The number of nitrogens with zero attached hydrogens (tertiary/aromatic N) is 1. The minimum absolute atomic E-state index is 0.00509. The second-order valence-electron chi connectivity index (χ2n) is 6.10. The smallest absolute Gasteiger partial charge is 0.337 e. The molecule has 0 bridgehead atoms. The van der Waals surface area contributed by atoms with Gasteiger partial charge in [0.2, 0.25) is 5.91 Å².